The third-order valence-corrected chi connectivity index (χ3v) is 6.24. The molecule has 0 saturated heterocycles. The highest BCUT2D eigenvalue weighted by Gasteiger charge is 2.20. The standard InChI is InChI=1S/C24H28N2OS/c1-3-27-22-15-13-20(14-16-22)25-24-26(21-7-5-4-6-8-21)23(17-28-24)19-11-9-18(2)10-12-19/h9-17,21H,3-8H2,1-2H3. The van der Waals surface area contributed by atoms with Crippen LogP contribution in [0.25, 0.3) is 11.3 Å². The van der Waals surface area contributed by atoms with Crippen molar-refractivity contribution >= 4 is 17.0 Å². The normalized spacial score (nSPS) is 15.7. The topological polar surface area (TPSA) is 26.5 Å². The number of benzene rings is 2. The van der Waals surface area contributed by atoms with Crippen molar-refractivity contribution in [3.05, 3.63) is 64.3 Å². The molecule has 2 aromatic carbocycles. The van der Waals surface area contributed by atoms with Gasteiger partial charge in [-0.05, 0) is 56.5 Å². The van der Waals surface area contributed by atoms with Crippen LogP contribution in [0.4, 0.5) is 5.69 Å². The van der Waals surface area contributed by atoms with E-state index in [1.165, 1.54) is 48.9 Å². The maximum absolute atomic E-state index is 5.56. The highest BCUT2D eigenvalue weighted by molar-refractivity contribution is 7.07. The van der Waals surface area contributed by atoms with Gasteiger partial charge in [0, 0.05) is 11.4 Å². The highest BCUT2D eigenvalue weighted by atomic mass is 32.1. The lowest BCUT2D eigenvalue weighted by Crippen LogP contribution is -2.23. The molecule has 1 heterocycles. The first-order chi connectivity index (χ1) is 13.7. The predicted octanol–water partition coefficient (Wildman–Crippen LogP) is 6.66. The number of thiazole rings is 1. The highest BCUT2D eigenvalue weighted by Crippen LogP contribution is 2.32. The molecule has 1 aliphatic rings. The van der Waals surface area contributed by atoms with Crippen LogP contribution in [0.1, 0.15) is 50.6 Å². The van der Waals surface area contributed by atoms with Gasteiger partial charge in [0.1, 0.15) is 5.75 Å². The fourth-order valence-electron chi connectivity index (χ4n) is 3.92. The summed E-state index contributed by atoms with van der Waals surface area (Å²) in [5.41, 5.74) is 4.84. The van der Waals surface area contributed by atoms with Gasteiger partial charge in [-0.2, -0.15) is 0 Å². The van der Waals surface area contributed by atoms with Gasteiger partial charge in [0.05, 0.1) is 18.0 Å². The molecule has 4 rings (SSSR count). The Morgan fingerprint density at radius 1 is 1.00 bits per heavy atom. The zero-order valence-corrected chi connectivity index (χ0v) is 17.5. The SMILES string of the molecule is CCOc1ccc(N=c2scc(-c3ccc(C)cc3)n2C2CCCCC2)cc1. The van der Waals surface area contributed by atoms with Crippen molar-refractivity contribution in [3.8, 4) is 17.0 Å². The molecule has 1 fully saturated rings. The van der Waals surface area contributed by atoms with Crippen molar-refractivity contribution in [1.29, 1.82) is 0 Å². The van der Waals surface area contributed by atoms with Crippen LogP contribution in [0.2, 0.25) is 0 Å². The van der Waals surface area contributed by atoms with Gasteiger partial charge in [-0.1, -0.05) is 49.1 Å². The average molecular weight is 393 g/mol. The van der Waals surface area contributed by atoms with Crippen molar-refractivity contribution in [3.63, 3.8) is 0 Å². The number of aromatic nitrogens is 1. The zero-order valence-electron chi connectivity index (χ0n) is 16.7. The maximum Gasteiger partial charge on any atom is 0.190 e. The summed E-state index contributed by atoms with van der Waals surface area (Å²) in [7, 11) is 0. The number of rotatable bonds is 5. The molecule has 1 aliphatic carbocycles. The van der Waals surface area contributed by atoms with Gasteiger partial charge in [-0.25, -0.2) is 4.99 Å². The summed E-state index contributed by atoms with van der Waals surface area (Å²) in [5, 5.41) is 2.27. The number of nitrogens with zero attached hydrogens (tertiary/aromatic N) is 2. The van der Waals surface area contributed by atoms with Crippen LogP contribution in [0.3, 0.4) is 0 Å². The third-order valence-electron chi connectivity index (χ3n) is 5.40. The van der Waals surface area contributed by atoms with Crippen molar-refractivity contribution in [2.45, 2.75) is 52.0 Å². The number of hydrogen-bond acceptors (Lipinski definition) is 3. The van der Waals surface area contributed by atoms with Crippen molar-refractivity contribution < 1.29 is 4.74 Å². The molecule has 3 aromatic rings. The lowest BCUT2D eigenvalue weighted by molar-refractivity contribution is 0.340. The molecule has 1 aromatic heterocycles. The molecule has 1 saturated carbocycles. The first-order valence-corrected chi connectivity index (χ1v) is 11.2. The minimum atomic E-state index is 0.540. The molecule has 146 valence electrons. The van der Waals surface area contributed by atoms with E-state index in [1.54, 1.807) is 11.3 Å². The summed E-state index contributed by atoms with van der Waals surface area (Å²) in [6.45, 7) is 4.83. The molecular weight excluding hydrogens is 364 g/mol. The number of aryl methyl sites for hydroxylation is 1. The van der Waals surface area contributed by atoms with Gasteiger partial charge >= 0.3 is 0 Å². The molecular formula is C24H28N2OS. The van der Waals surface area contributed by atoms with Gasteiger partial charge in [0.25, 0.3) is 0 Å². The van der Waals surface area contributed by atoms with E-state index >= 15 is 0 Å². The van der Waals surface area contributed by atoms with E-state index in [1.807, 2.05) is 31.2 Å². The van der Waals surface area contributed by atoms with Gasteiger partial charge in [-0.15, -0.1) is 11.3 Å². The summed E-state index contributed by atoms with van der Waals surface area (Å²) in [6.07, 6.45) is 6.46. The van der Waals surface area contributed by atoms with E-state index in [0.717, 1.165) is 16.2 Å². The second kappa shape index (κ2) is 8.78. The van der Waals surface area contributed by atoms with Crippen LogP contribution in [-0.2, 0) is 0 Å². The Morgan fingerprint density at radius 2 is 1.71 bits per heavy atom. The van der Waals surface area contributed by atoms with E-state index in [9.17, 15) is 0 Å². The van der Waals surface area contributed by atoms with Gasteiger partial charge in [0.15, 0.2) is 4.80 Å². The predicted molar refractivity (Wildman–Crippen MR) is 117 cm³/mol. The van der Waals surface area contributed by atoms with Crippen LogP contribution in [0, 0.1) is 6.92 Å². The van der Waals surface area contributed by atoms with Crippen LogP contribution in [-0.4, -0.2) is 11.2 Å². The van der Waals surface area contributed by atoms with E-state index in [-0.39, 0.29) is 0 Å². The Labute approximate surface area is 171 Å². The maximum atomic E-state index is 5.56. The van der Waals surface area contributed by atoms with E-state index in [0.29, 0.717) is 12.6 Å². The third kappa shape index (κ3) is 4.22. The van der Waals surface area contributed by atoms with Crippen LogP contribution >= 0.6 is 11.3 Å². The molecule has 0 bridgehead atoms. The second-order valence-electron chi connectivity index (χ2n) is 7.47. The van der Waals surface area contributed by atoms with Crippen LogP contribution in [0.15, 0.2) is 58.9 Å². The summed E-state index contributed by atoms with van der Waals surface area (Å²) in [5.74, 6) is 0.896. The molecule has 4 heteroatoms. The van der Waals surface area contributed by atoms with Gasteiger partial charge < -0.3 is 9.30 Å². The Kier molecular flexibility index (Phi) is 5.96. The molecule has 28 heavy (non-hydrogen) atoms. The van der Waals surface area contributed by atoms with Crippen molar-refractivity contribution in [1.82, 2.24) is 4.57 Å². The van der Waals surface area contributed by atoms with Crippen molar-refractivity contribution in [2.75, 3.05) is 6.61 Å². The van der Waals surface area contributed by atoms with Gasteiger partial charge in [0.2, 0.25) is 0 Å². The first-order valence-electron chi connectivity index (χ1n) is 10.3. The average Bonchev–Trinajstić information content (AvgIpc) is 3.14. The lowest BCUT2D eigenvalue weighted by Gasteiger charge is -2.25. The molecule has 0 unspecified atom stereocenters. The minimum absolute atomic E-state index is 0.540. The summed E-state index contributed by atoms with van der Waals surface area (Å²) in [4.78, 5) is 6.10. The lowest BCUT2D eigenvalue weighted by atomic mass is 9.95. The smallest absolute Gasteiger partial charge is 0.190 e. The molecule has 0 aliphatic heterocycles. The molecule has 0 spiro atoms. The fourth-order valence-corrected chi connectivity index (χ4v) is 4.91. The summed E-state index contributed by atoms with van der Waals surface area (Å²) in [6, 6.07) is 17.5. The quantitative estimate of drug-likeness (QED) is 0.477. The monoisotopic (exact) mass is 392 g/mol. The van der Waals surface area contributed by atoms with E-state index in [2.05, 4.69) is 41.1 Å². The molecule has 0 atom stereocenters. The van der Waals surface area contributed by atoms with Crippen LogP contribution in [0.5, 0.6) is 5.75 Å². The van der Waals surface area contributed by atoms with Crippen LogP contribution < -0.4 is 9.54 Å². The van der Waals surface area contributed by atoms with E-state index < -0.39 is 0 Å². The number of ether oxygens (including phenoxy) is 1. The summed E-state index contributed by atoms with van der Waals surface area (Å²) < 4.78 is 8.05. The Balaban J connectivity index is 1.76. The molecule has 0 N–H and O–H groups in total. The fraction of sp³-hybridized carbons (Fsp3) is 0.375. The molecule has 3 nitrogen and oxygen atoms in total. The van der Waals surface area contributed by atoms with Crippen molar-refractivity contribution in [2.24, 2.45) is 4.99 Å². The van der Waals surface area contributed by atoms with E-state index in [4.69, 9.17) is 9.73 Å². The Morgan fingerprint density at radius 3 is 2.39 bits per heavy atom. The molecule has 0 amide bonds. The Hall–Kier alpha value is -2.33. The zero-order chi connectivity index (χ0) is 19.3. The summed E-state index contributed by atoms with van der Waals surface area (Å²) >= 11 is 1.74. The molecule has 0 radical (unpaired) electrons. The largest absolute Gasteiger partial charge is 0.494 e. The minimum Gasteiger partial charge on any atom is -0.494 e. The second-order valence-corrected chi connectivity index (χ2v) is 8.31. The Bertz CT molecular complexity index is 961. The first kappa shape index (κ1) is 19.0. The number of hydrogen-bond donors (Lipinski definition) is 0. The van der Waals surface area contributed by atoms with Gasteiger partial charge in [-0.3, -0.25) is 0 Å².